The zero-order valence-electron chi connectivity index (χ0n) is 9.22. The zero-order chi connectivity index (χ0) is 10.8. The first-order valence-electron chi connectivity index (χ1n) is 5.41. The fourth-order valence-corrected chi connectivity index (χ4v) is 1.87. The van der Waals surface area contributed by atoms with Crippen molar-refractivity contribution in [3.63, 3.8) is 0 Å². The van der Waals surface area contributed by atoms with Crippen LogP contribution in [-0.2, 0) is 9.53 Å². The van der Waals surface area contributed by atoms with Gasteiger partial charge in [-0.25, -0.2) is 0 Å². The average molecular weight is 265 g/mol. The molecule has 0 fully saturated rings. The van der Waals surface area contributed by atoms with E-state index in [0.29, 0.717) is 11.2 Å². The minimum Gasteiger partial charge on any atom is -0.469 e. The molecule has 0 aliphatic heterocycles. The van der Waals surface area contributed by atoms with E-state index in [2.05, 4.69) is 27.6 Å². The summed E-state index contributed by atoms with van der Waals surface area (Å²) in [5.41, 5.74) is 0. The number of alkyl halides is 1. The van der Waals surface area contributed by atoms with Crippen LogP contribution in [0.15, 0.2) is 0 Å². The fraction of sp³-hybridized carbons (Fsp3) is 0.909. The van der Waals surface area contributed by atoms with Gasteiger partial charge in [-0.3, -0.25) is 4.79 Å². The average Bonchev–Trinajstić information content (AvgIpc) is 2.21. The van der Waals surface area contributed by atoms with Crippen LogP contribution in [0.2, 0.25) is 0 Å². The first kappa shape index (κ1) is 13.9. The standard InChI is InChI=1S/C11H21BrO2/c1-3-4-5-6-7-10(12)8-9-11(13)14-2/h10H,3-9H2,1-2H3. The third-order valence-electron chi connectivity index (χ3n) is 2.26. The van der Waals surface area contributed by atoms with Crippen LogP contribution >= 0.6 is 15.9 Å². The summed E-state index contributed by atoms with van der Waals surface area (Å²) in [6.45, 7) is 2.21. The van der Waals surface area contributed by atoms with E-state index in [-0.39, 0.29) is 5.97 Å². The van der Waals surface area contributed by atoms with Gasteiger partial charge in [-0.15, -0.1) is 0 Å². The SMILES string of the molecule is CCCCCCC(Br)CCC(=O)OC. The molecule has 1 atom stereocenters. The van der Waals surface area contributed by atoms with Crippen molar-refractivity contribution >= 4 is 21.9 Å². The van der Waals surface area contributed by atoms with E-state index in [1.54, 1.807) is 0 Å². The highest BCUT2D eigenvalue weighted by Crippen LogP contribution is 2.16. The lowest BCUT2D eigenvalue weighted by Crippen LogP contribution is -2.05. The molecule has 2 nitrogen and oxygen atoms in total. The number of hydrogen-bond donors (Lipinski definition) is 0. The molecule has 0 aromatic carbocycles. The van der Waals surface area contributed by atoms with E-state index in [1.165, 1.54) is 32.8 Å². The fourth-order valence-electron chi connectivity index (χ4n) is 1.31. The molecule has 14 heavy (non-hydrogen) atoms. The second kappa shape index (κ2) is 9.50. The van der Waals surface area contributed by atoms with Gasteiger partial charge in [-0.2, -0.15) is 0 Å². The Morgan fingerprint density at radius 3 is 2.57 bits per heavy atom. The minimum absolute atomic E-state index is 0.108. The van der Waals surface area contributed by atoms with Crippen LogP contribution in [0.4, 0.5) is 0 Å². The number of methoxy groups -OCH3 is 1. The molecular formula is C11H21BrO2. The molecule has 84 valence electrons. The van der Waals surface area contributed by atoms with Crippen LogP contribution in [-0.4, -0.2) is 17.9 Å². The van der Waals surface area contributed by atoms with Crippen LogP contribution in [0, 0.1) is 0 Å². The third-order valence-corrected chi connectivity index (χ3v) is 3.18. The van der Waals surface area contributed by atoms with Crippen LogP contribution < -0.4 is 0 Å². The molecule has 0 bridgehead atoms. The predicted octanol–water partition coefficient (Wildman–Crippen LogP) is 3.67. The summed E-state index contributed by atoms with van der Waals surface area (Å²) in [7, 11) is 1.44. The number of carbonyl (C=O) groups excluding carboxylic acids is 1. The van der Waals surface area contributed by atoms with Gasteiger partial charge >= 0.3 is 5.97 Å². The van der Waals surface area contributed by atoms with Crippen molar-refractivity contribution in [3.8, 4) is 0 Å². The molecule has 0 rings (SSSR count). The third kappa shape index (κ3) is 8.54. The Kier molecular flexibility index (Phi) is 9.47. The van der Waals surface area contributed by atoms with Crippen molar-refractivity contribution < 1.29 is 9.53 Å². The molecule has 1 unspecified atom stereocenters. The number of ether oxygens (including phenoxy) is 1. The Morgan fingerprint density at radius 1 is 1.29 bits per heavy atom. The van der Waals surface area contributed by atoms with Crippen molar-refractivity contribution in [1.29, 1.82) is 0 Å². The van der Waals surface area contributed by atoms with E-state index in [0.717, 1.165) is 12.8 Å². The molecule has 0 N–H and O–H groups in total. The van der Waals surface area contributed by atoms with Gasteiger partial charge in [0, 0.05) is 11.2 Å². The summed E-state index contributed by atoms with van der Waals surface area (Å²) in [4.78, 5) is 11.3. The van der Waals surface area contributed by atoms with Crippen LogP contribution in [0.5, 0.6) is 0 Å². The highest BCUT2D eigenvalue weighted by molar-refractivity contribution is 9.09. The molecule has 0 radical (unpaired) electrons. The molecule has 3 heteroatoms. The van der Waals surface area contributed by atoms with Gasteiger partial charge in [-0.05, 0) is 12.8 Å². The highest BCUT2D eigenvalue weighted by atomic mass is 79.9. The smallest absolute Gasteiger partial charge is 0.305 e. The van der Waals surface area contributed by atoms with Gasteiger partial charge in [0.2, 0.25) is 0 Å². The van der Waals surface area contributed by atoms with E-state index in [1.807, 2.05) is 0 Å². The van der Waals surface area contributed by atoms with Crippen molar-refractivity contribution in [1.82, 2.24) is 0 Å². The van der Waals surface area contributed by atoms with Gasteiger partial charge in [0.05, 0.1) is 7.11 Å². The highest BCUT2D eigenvalue weighted by Gasteiger charge is 2.07. The van der Waals surface area contributed by atoms with Crippen LogP contribution in [0.3, 0.4) is 0 Å². The zero-order valence-corrected chi connectivity index (χ0v) is 10.8. The predicted molar refractivity (Wildman–Crippen MR) is 62.7 cm³/mol. The summed E-state index contributed by atoms with van der Waals surface area (Å²) in [6.07, 6.45) is 7.73. The van der Waals surface area contributed by atoms with Crippen molar-refractivity contribution in [2.24, 2.45) is 0 Å². The number of esters is 1. The molecule has 0 amide bonds. The molecule has 0 aliphatic carbocycles. The van der Waals surface area contributed by atoms with E-state index < -0.39 is 0 Å². The van der Waals surface area contributed by atoms with E-state index in [9.17, 15) is 4.79 Å². The van der Waals surface area contributed by atoms with Crippen LogP contribution in [0.1, 0.15) is 51.9 Å². The van der Waals surface area contributed by atoms with Crippen LogP contribution in [0.25, 0.3) is 0 Å². The van der Waals surface area contributed by atoms with Crippen molar-refractivity contribution in [3.05, 3.63) is 0 Å². The first-order valence-corrected chi connectivity index (χ1v) is 6.33. The van der Waals surface area contributed by atoms with Gasteiger partial charge in [0.1, 0.15) is 0 Å². The number of halogens is 1. The first-order chi connectivity index (χ1) is 6.70. The lowest BCUT2D eigenvalue weighted by atomic mass is 10.1. The molecule has 0 aromatic rings. The largest absolute Gasteiger partial charge is 0.469 e. The van der Waals surface area contributed by atoms with Gasteiger partial charge < -0.3 is 4.74 Å². The van der Waals surface area contributed by atoms with Crippen molar-refractivity contribution in [2.45, 2.75) is 56.7 Å². The Bertz CT molecular complexity index is 148. The summed E-state index contributed by atoms with van der Waals surface area (Å²) in [6, 6.07) is 0. The number of unbranched alkanes of at least 4 members (excludes halogenated alkanes) is 3. The molecule has 0 aromatic heterocycles. The van der Waals surface area contributed by atoms with Crippen molar-refractivity contribution in [2.75, 3.05) is 7.11 Å². The second-order valence-electron chi connectivity index (χ2n) is 3.56. The van der Waals surface area contributed by atoms with Gasteiger partial charge in [-0.1, -0.05) is 48.5 Å². The Balaban J connectivity index is 3.27. The maximum Gasteiger partial charge on any atom is 0.305 e. The number of rotatable bonds is 8. The monoisotopic (exact) mass is 264 g/mol. The summed E-state index contributed by atoms with van der Waals surface area (Å²) >= 11 is 3.58. The summed E-state index contributed by atoms with van der Waals surface area (Å²) < 4.78 is 4.58. The number of hydrogen-bond acceptors (Lipinski definition) is 2. The quantitative estimate of drug-likeness (QED) is 0.380. The maximum atomic E-state index is 10.8. The molecule has 0 aliphatic rings. The maximum absolute atomic E-state index is 10.8. The lowest BCUT2D eigenvalue weighted by molar-refractivity contribution is -0.140. The van der Waals surface area contributed by atoms with E-state index >= 15 is 0 Å². The molecule has 0 saturated heterocycles. The second-order valence-corrected chi connectivity index (χ2v) is 4.86. The van der Waals surface area contributed by atoms with Gasteiger partial charge in [0.25, 0.3) is 0 Å². The molecule has 0 spiro atoms. The van der Waals surface area contributed by atoms with E-state index in [4.69, 9.17) is 0 Å². The Hall–Kier alpha value is -0.0500. The minimum atomic E-state index is -0.108. The molecule has 0 heterocycles. The molecule has 0 saturated carbocycles. The summed E-state index contributed by atoms with van der Waals surface area (Å²) in [5.74, 6) is -0.108. The number of carbonyl (C=O) groups is 1. The molecular weight excluding hydrogens is 244 g/mol. The normalized spacial score (nSPS) is 12.5. The summed E-state index contributed by atoms with van der Waals surface area (Å²) in [5, 5.41) is 0. The van der Waals surface area contributed by atoms with Gasteiger partial charge in [0.15, 0.2) is 0 Å². The Morgan fingerprint density at radius 2 is 2.00 bits per heavy atom. The topological polar surface area (TPSA) is 26.3 Å². The lowest BCUT2D eigenvalue weighted by Gasteiger charge is -2.08. The Labute approximate surface area is 95.5 Å².